The second kappa shape index (κ2) is 6.72. The van der Waals surface area contributed by atoms with E-state index in [4.69, 9.17) is 11.6 Å². The molecule has 0 unspecified atom stereocenters. The predicted molar refractivity (Wildman–Crippen MR) is 92.6 cm³/mol. The number of benzene rings is 1. The molecule has 2 heterocycles. The number of halogens is 1. The highest BCUT2D eigenvalue weighted by Gasteiger charge is 2.38. The lowest BCUT2D eigenvalue weighted by molar-refractivity contribution is -0.140. The Balaban J connectivity index is 1.87. The van der Waals surface area contributed by atoms with E-state index in [1.807, 2.05) is 35.7 Å². The van der Waals surface area contributed by atoms with Crippen LogP contribution in [-0.2, 0) is 9.59 Å². The smallest absolute Gasteiger partial charge is 0.229 e. The lowest BCUT2D eigenvalue weighted by Crippen LogP contribution is -2.44. The summed E-state index contributed by atoms with van der Waals surface area (Å²) in [6, 6.07) is 11.2. The Kier molecular flexibility index (Phi) is 4.68. The third-order valence-electron chi connectivity index (χ3n) is 4.21. The van der Waals surface area contributed by atoms with Gasteiger partial charge >= 0.3 is 0 Å². The first kappa shape index (κ1) is 16.0. The fourth-order valence-corrected chi connectivity index (χ4v) is 3.86. The van der Waals surface area contributed by atoms with E-state index in [1.165, 1.54) is 11.3 Å². The molecule has 120 valence electrons. The first-order valence-corrected chi connectivity index (χ1v) is 8.68. The fraction of sp³-hybridized carbons (Fsp3) is 0.294. The topological polar surface area (TPSA) is 49.4 Å². The van der Waals surface area contributed by atoms with Crippen LogP contribution in [0.1, 0.15) is 24.4 Å². The van der Waals surface area contributed by atoms with Crippen molar-refractivity contribution in [3.8, 4) is 0 Å². The van der Waals surface area contributed by atoms with E-state index in [2.05, 4.69) is 5.32 Å². The number of nitrogens with one attached hydrogen (secondary N) is 1. The van der Waals surface area contributed by atoms with Gasteiger partial charge in [0.15, 0.2) is 0 Å². The molecule has 1 N–H and O–H groups in total. The number of hydrogen-bond donors (Lipinski definition) is 1. The molecule has 1 aliphatic heterocycles. The van der Waals surface area contributed by atoms with Crippen LogP contribution in [0.2, 0.25) is 4.34 Å². The molecule has 23 heavy (non-hydrogen) atoms. The average molecular weight is 349 g/mol. The number of thiophene rings is 1. The lowest BCUT2D eigenvalue weighted by Gasteiger charge is -2.38. The number of nitrogens with zero attached hydrogens (tertiary/aromatic N) is 1. The third-order valence-corrected chi connectivity index (χ3v) is 5.38. The molecule has 3 rings (SSSR count). The molecule has 1 aliphatic rings. The third kappa shape index (κ3) is 3.26. The minimum absolute atomic E-state index is 0.0662. The highest BCUT2D eigenvalue weighted by Crippen LogP contribution is 2.37. The fourth-order valence-electron chi connectivity index (χ4n) is 3.03. The molecule has 2 amide bonds. The number of anilines is 1. The van der Waals surface area contributed by atoms with E-state index in [0.29, 0.717) is 22.9 Å². The predicted octanol–water partition coefficient (Wildman–Crippen LogP) is 3.95. The molecule has 1 aromatic heterocycles. The number of hydrogen-bond acceptors (Lipinski definition) is 3. The van der Waals surface area contributed by atoms with Crippen molar-refractivity contribution in [1.82, 2.24) is 4.90 Å². The molecular weight excluding hydrogens is 332 g/mol. The van der Waals surface area contributed by atoms with Gasteiger partial charge in [0.2, 0.25) is 11.8 Å². The maximum atomic E-state index is 12.8. The van der Waals surface area contributed by atoms with E-state index in [0.717, 1.165) is 5.56 Å². The molecule has 0 aliphatic carbocycles. The van der Waals surface area contributed by atoms with Gasteiger partial charge < -0.3 is 10.2 Å². The number of rotatable bonds is 3. The Bertz CT molecular complexity index is 716. The van der Waals surface area contributed by atoms with Gasteiger partial charge in [0.05, 0.1) is 17.6 Å². The molecule has 6 heteroatoms. The summed E-state index contributed by atoms with van der Waals surface area (Å²) in [5.74, 6) is -0.328. The van der Waals surface area contributed by atoms with Gasteiger partial charge in [-0.25, -0.2) is 0 Å². The summed E-state index contributed by atoms with van der Waals surface area (Å²) in [5.41, 5.74) is 1.60. The van der Waals surface area contributed by atoms with Crippen LogP contribution >= 0.6 is 22.9 Å². The summed E-state index contributed by atoms with van der Waals surface area (Å²) in [6.45, 7) is 0. The number of carbonyl (C=O) groups is 2. The highest BCUT2D eigenvalue weighted by atomic mass is 35.5. The Morgan fingerprint density at radius 1 is 1.30 bits per heavy atom. The second-order valence-corrected chi connectivity index (χ2v) is 7.12. The number of likely N-dealkylation sites (tertiary alicyclic amines) is 1. The van der Waals surface area contributed by atoms with E-state index in [-0.39, 0.29) is 23.8 Å². The first-order chi connectivity index (χ1) is 11.1. The monoisotopic (exact) mass is 348 g/mol. The van der Waals surface area contributed by atoms with Crippen LogP contribution in [0.4, 0.5) is 5.69 Å². The van der Waals surface area contributed by atoms with Gasteiger partial charge in [0.1, 0.15) is 4.34 Å². The van der Waals surface area contributed by atoms with Crippen molar-refractivity contribution >= 4 is 40.4 Å². The summed E-state index contributed by atoms with van der Waals surface area (Å²) in [4.78, 5) is 26.5. The molecule has 2 aromatic rings. The van der Waals surface area contributed by atoms with E-state index in [9.17, 15) is 9.59 Å². The van der Waals surface area contributed by atoms with Gasteiger partial charge in [-0.3, -0.25) is 9.59 Å². The van der Waals surface area contributed by atoms with Crippen molar-refractivity contribution in [2.75, 3.05) is 12.4 Å². The summed E-state index contributed by atoms with van der Waals surface area (Å²) < 4.78 is 0.565. The molecule has 2 atom stereocenters. The van der Waals surface area contributed by atoms with Crippen LogP contribution in [-0.4, -0.2) is 23.8 Å². The van der Waals surface area contributed by atoms with Crippen LogP contribution < -0.4 is 5.32 Å². The maximum absolute atomic E-state index is 12.8. The minimum Gasteiger partial charge on any atom is -0.338 e. The second-order valence-electron chi connectivity index (χ2n) is 5.60. The quantitative estimate of drug-likeness (QED) is 0.913. The maximum Gasteiger partial charge on any atom is 0.229 e. The van der Waals surface area contributed by atoms with Crippen molar-refractivity contribution < 1.29 is 9.59 Å². The summed E-state index contributed by atoms with van der Waals surface area (Å²) in [7, 11) is 1.76. The van der Waals surface area contributed by atoms with Gasteiger partial charge in [-0.05, 0) is 23.4 Å². The minimum atomic E-state index is -0.295. The average Bonchev–Trinajstić information content (AvgIpc) is 2.95. The Morgan fingerprint density at radius 2 is 2.04 bits per heavy atom. The van der Waals surface area contributed by atoms with Gasteiger partial charge in [0, 0.05) is 13.5 Å². The lowest BCUT2D eigenvalue weighted by atomic mass is 9.84. The van der Waals surface area contributed by atoms with Gasteiger partial charge in [-0.2, -0.15) is 0 Å². The zero-order valence-electron chi connectivity index (χ0n) is 12.7. The van der Waals surface area contributed by atoms with Crippen molar-refractivity contribution in [1.29, 1.82) is 0 Å². The summed E-state index contributed by atoms with van der Waals surface area (Å²) in [5, 5.41) is 4.73. The zero-order chi connectivity index (χ0) is 16.4. The SMILES string of the molecule is CN1C(=O)CC[C@H](C(=O)Nc2ccsc2Cl)[C@@H]1c1ccccc1. The summed E-state index contributed by atoms with van der Waals surface area (Å²) >= 11 is 7.44. The van der Waals surface area contributed by atoms with Crippen molar-refractivity contribution in [3.63, 3.8) is 0 Å². The molecule has 1 fully saturated rings. The Morgan fingerprint density at radius 3 is 2.70 bits per heavy atom. The normalized spacial score (nSPS) is 21.3. The van der Waals surface area contributed by atoms with Crippen LogP contribution in [0.3, 0.4) is 0 Å². The van der Waals surface area contributed by atoms with E-state index < -0.39 is 0 Å². The van der Waals surface area contributed by atoms with Crippen molar-refractivity contribution in [2.24, 2.45) is 5.92 Å². The highest BCUT2D eigenvalue weighted by molar-refractivity contribution is 7.15. The molecule has 4 nitrogen and oxygen atoms in total. The number of amides is 2. The molecule has 1 saturated heterocycles. The molecular formula is C17H17ClN2O2S. The van der Waals surface area contributed by atoms with E-state index in [1.54, 1.807) is 18.0 Å². The molecule has 0 spiro atoms. The number of carbonyl (C=O) groups excluding carboxylic acids is 2. The first-order valence-electron chi connectivity index (χ1n) is 7.42. The number of piperidine rings is 1. The van der Waals surface area contributed by atoms with Crippen LogP contribution in [0, 0.1) is 5.92 Å². The molecule has 0 bridgehead atoms. The van der Waals surface area contributed by atoms with Gasteiger partial charge in [-0.15, -0.1) is 11.3 Å². The molecule has 1 aromatic carbocycles. The zero-order valence-corrected chi connectivity index (χ0v) is 14.2. The molecule has 0 saturated carbocycles. The molecule has 0 radical (unpaired) electrons. The van der Waals surface area contributed by atoms with Crippen LogP contribution in [0.5, 0.6) is 0 Å². The van der Waals surface area contributed by atoms with Crippen molar-refractivity contribution in [2.45, 2.75) is 18.9 Å². The van der Waals surface area contributed by atoms with Crippen LogP contribution in [0.25, 0.3) is 0 Å². The van der Waals surface area contributed by atoms with Crippen molar-refractivity contribution in [3.05, 3.63) is 51.7 Å². The van der Waals surface area contributed by atoms with Gasteiger partial charge in [-0.1, -0.05) is 41.9 Å². The Hall–Kier alpha value is -1.85. The summed E-state index contributed by atoms with van der Waals surface area (Å²) in [6.07, 6.45) is 0.922. The van der Waals surface area contributed by atoms with Gasteiger partial charge in [0.25, 0.3) is 0 Å². The van der Waals surface area contributed by atoms with E-state index >= 15 is 0 Å². The standard InChI is InChI=1S/C17H17ClN2O2S/c1-20-14(21)8-7-12(15(20)11-5-3-2-4-6-11)17(22)19-13-9-10-23-16(13)18/h2-6,9-10,12,15H,7-8H2,1H3,(H,19,22)/t12-,15-/m0/s1. The Labute approximate surface area is 144 Å². The van der Waals surface area contributed by atoms with Crippen LogP contribution in [0.15, 0.2) is 41.8 Å². The largest absolute Gasteiger partial charge is 0.338 e.